The van der Waals surface area contributed by atoms with Gasteiger partial charge in [0, 0.05) is 25.0 Å². The van der Waals surface area contributed by atoms with Crippen molar-refractivity contribution < 1.29 is 9.59 Å². The number of nitrogens with one attached hydrogen (secondary N) is 5. The predicted molar refractivity (Wildman–Crippen MR) is 123 cm³/mol. The van der Waals surface area contributed by atoms with Crippen LogP contribution in [0.5, 0.6) is 0 Å². The lowest BCUT2D eigenvalue weighted by Crippen LogP contribution is -2.23. The van der Waals surface area contributed by atoms with E-state index in [1.165, 1.54) is 17.5 Å². The molecule has 0 bridgehead atoms. The summed E-state index contributed by atoms with van der Waals surface area (Å²) >= 11 is 7.64. The number of nitrogens with zero attached hydrogens (tertiary/aromatic N) is 2. The van der Waals surface area contributed by atoms with Crippen LogP contribution >= 0.6 is 22.9 Å². The molecule has 31 heavy (non-hydrogen) atoms. The Morgan fingerprint density at radius 3 is 2.90 bits per heavy atom. The highest BCUT2D eigenvalue weighted by atomic mass is 35.5. The van der Waals surface area contributed by atoms with Crippen molar-refractivity contribution in [2.24, 2.45) is 0 Å². The molecule has 0 atom stereocenters. The molecule has 3 heterocycles. The second kappa shape index (κ2) is 8.88. The number of hydrogen-bond donors (Lipinski definition) is 5. The smallest absolute Gasteiger partial charge is 0.263 e. The van der Waals surface area contributed by atoms with E-state index in [0.29, 0.717) is 39.6 Å². The van der Waals surface area contributed by atoms with E-state index < -0.39 is 0 Å². The van der Waals surface area contributed by atoms with E-state index in [-0.39, 0.29) is 18.4 Å². The van der Waals surface area contributed by atoms with Crippen LogP contribution in [-0.2, 0) is 11.3 Å². The molecule has 2 amide bonds. The predicted octanol–water partition coefficient (Wildman–Crippen LogP) is 3.39. The van der Waals surface area contributed by atoms with Gasteiger partial charge < -0.3 is 26.6 Å². The summed E-state index contributed by atoms with van der Waals surface area (Å²) in [4.78, 5) is 33.2. The second-order valence-electron chi connectivity index (χ2n) is 6.87. The van der Waals surface area contributed by atoms with E-state index >= 15 is 0 Å². The van der Waals surface area contributed by atoms with E-state index in [1.807, 2.05) is 30.5 Å². The molecule has 11 heteroatoms. The first-order valence-electron chi connectivity index (χ1n) is 9.45. The van der Waals surface area contributed by atoms with Gasteiger partial charge in [-0.1, -0.05) is 17.7 Å². The van der Waals surface area contributed by atoms with Crippen molar-refractivity contribution in [1.29, 1.82) is 0 Å². The minimum absolute atomic E-state index is 0.0943. The van der Waals surface area contributed by atoms with Crippen molar-refractivity contribution in [2.45, 2.75) is 13.5 Å². The first kappa shape index (κ1) is 21.0. The molecule has 0 spiro atoms. The van der Waals surface area contributed by atoms with Crippen LogP contribution in [0.3, 0.4) is 0 Å². The Hall–Kier alpha value is -3.21. The molecule has 3 aromatic rings. The van der Waals surface area contributed by atoms with E-state index in [0.717, 1.165) is 16.8 Å². The van der Waals surface area contributed by atoms with Crippen LogP contribution in [0.15, 0.2) is 29.8 Å². The average molecular weight is 458 g/mol. The molecule has 0 aliphatic carbocycles. The normalized spacial score (nSPS) is 13.1. The summed E-state index contributed by atoms with van der Waals surface area (Å²) in [5.74, 6) is 0.409. The number of fused-ring (bicyclic) bond motifs is 1. The SMILES string of the molecule is CNC(=O)c1scc(C)c1Nc1nc(Nc2ccc3c(c2)NC(=O)CNC3)ncc1Cl. The number of aryl methyl sites for hydroxylation is 1. The lowest BCUT2D eigenvalue weighted by atomic mass is 10.1. The molecule has 5 N–H and O–H groups in total. The Morgan fingerprint density at radius 2 is 2.10 bits per heavy atom. The number of benzene rings is 1. The van der Waals surface area contributed by atoms with Gasteiger partial charge in [0.2, 0.25) is 11.9 Å². The number of carbonyl (C=O) groups excluding carboxylic acids is 2. The standard InChI is InChI=1S/C20H20ClN7O2S/c1-10-9-31-17(19(30)22-2)16(10)27-18-13(21)7-24-20(28-18)25-12-4-3-11-6-23-8-15(29)26-14(11)5-12/h3-5,7,9,23H,6,8H2,1-2H3,(H,22,30)(H,26,29)(H2,24,25,27,28). The Bertz CT molecular complexity index is 1160. The van der Waals surface area contributed by atoms with Gasteiger partial charge in [0.1, 0.15) is 9.90 Å². The van der Waals surface area contributed by atoms with Gasteiger partial charge in [-0.05, 0) is 35.6 Å². The maximum Gasteiger partial charge on any atom is 0.263 e. The van der Waals surface area contributed by atoms with Crippen LogP contribution < -0.4 is 26.6 Å². The fraction of sp³-hybridized carbons (Fsp3) is 0.200. The Morgan fingerprint density at radius 1 is 1.26 bits per heavy atom. The Labute approximate surface area is 187 Å². The summed E-state index contributed by atoms with van der Waals surface area (Å²) in [7, 11) is 1.58. The molecular formula is C20H20ClN7O2S. The van der Waals surface area contributed by atoms with E-state index in [1.54, 1.807) is 7.05 Å². The third kappa shape index (κ3) is 4.61. The second-order valence-corrected chi connectivity index (χ2v) is 8.15. The first-order chi connectivity index (χ1) is 14.9. The average Bonchev–Trinajstić information content (AvgIpc) is 3.00. The minimum atomic E-state index is -0.189. The molecule has 0 saturated carbocycles. The number of hydrogen-bond acceptors (Lipinski definition) is 8. The van der Waals surface area contributed by atoms with Gasteiger partial charge in [-0.25, -0.2) is 4.98 Å². The number of carbonyl (C=O) groups is 2. The van der Waals surface area contributed by atoms with E-state index in [9.17, 15) is 9.59 Å². The Kier molecular flexibility index (Phi) is 6.03. The summed E-state index contributed by atoms with van der Waals surface area (Å²) < 4.78 is 0. The molecule has 0 radical (unpaired) electrons. The summed E-state index contributed by atoms with van der Waals surface area (Å²) in [5, 5.41) is 17.1. The van der Waals surface area contributed by atoms with Crippen molar-refractivity contribution in [3.63, 3.8) is 0 Å². The number of amides is 2. The number of anilines is 5. The van der Waals surface area contributed by atoms with E-state index in [4.69, 9.17) is 11.6 Å². The molecule has 160 valence electrons. The van der Waals surface area contributed by atoms with Crippen molar-refractivity contribution in [3.8, 4) is 0 Å². The third-order valence-corrected chi connectivity index (χ3v) is 6.01. The molecule has 1 aromatic carbocycles. The number of rotatable bonds is 5. The number of thiophene rings is 1. The zero-order valence-electron chi connectivity index (χ0n) is 16.8. The summed E-state index contributed by atoms with van der Waals surface area (Å²) in [6.45, 7) is 2.78. The highest BCUT2D eigenvalue weighted by Gasteiger charge is 2.18. The largest absolute Gasteiger partial charge is 0.354 e. The van der Waals surface area contributed by atoms with Crippen molar-refractivity contribution >= 4 is 63.6 Å². The minimum Gasteiger partial charge on any atom is -0.354 e. The fourth-order valence-corrected chi connectivity index (χ4v) is 4.16. The zero-order chi connectivity index (χ0) is 22.0. The highest BCUT2D eigenvalue weighted by Crippen LogP contribution is 2.33. The van der Waals surface area contributed by atoms with Crippen LogP contribution in [0.4, 0.5) is 28.8 Å². The molecule has 9 nitrogen and oxygen atoms in total. The molecular weight excluding hydrogens is 438 g/mol. The zero-order valence-corrected chi connectivity index (χ0v) is 18.4. The quantitative estimate of drug-likeness (QED) is 0.398. The maximum atomic E-state index is 12.1. The summed E-state index contributed by atoms with van der Waals surface area (Å²) in [6.07, 6.45) is 1.48. The van der Waals surface area contributed by atoms with Crippen LogP contribution in [0.25, 0.3) is 0 Å². The Balaban J connectivity index is 1.59. The molecule has 0 fully saturated rings. The van der Waals surface area contributed by atoms with Crippen LogP contribution in [-0.4, -0.2) is 35.4 Å². The van der Waals surface area contributed by atoms with Crippen LogP contribution in [0, 0.1) is 6.92 Å². The van der Waals surface area contributed by atoms with Gasteiger partial charge in [-0.3, -0.25) is 9.59 Å². The highest BCUT2D eigenvalue weighted by molar-refractivity contribution is 7.12. The van der Waals surface area contributed by atoms with Crippen molar-refractivity contribution in [3.05, 3.63) is 50.8 Å². The topological polar surface area (TPSA) is 120 Å². The molecule has 2 aromatic heterocycles. The number of halogens is 1. The molecule has 4 rings (SSSR count). The van der Waals surface area contributed by atoms with Gasteiger partial charge in [-0.15, -0.1) is 11.3 Å². The lowest BCUT2D eigenvalue weighted by molar-refractivity contribution is -0.115. The lowest BCUT2D eigenvalue weighted by Gasteiger charge is -2.13. The van der Waals surface area contributed by atoms with E-state index in [2.05, 4.69) is 36.6 Å². The van der Waals surface area contributed by atoms with Crippen molar-refractivity contribution in [2.75, 3.05) is 29.5 Å². The molecule has 1 aliphatic rings. The summed E-state index contributed by atoms with van der Waals surface area (Å²) in [5.41, 5.74) is 3.99. The maximum absolute atomic E-state index is 12.1. The molecule has 1 aliphatic heterocycles. The fourth-order valence-electron chi connectivity index (χ4n) is 3.07. The summed E-state index contributed by atoms with van der Waals surface area (Å²) in [6, 6.07) is 5.64. The van der Waals surface area contributed by atoms with Crippen molar-refractivity contribution in [1.82, 2.24) is 20.6 Å². The van der Waals surface area contributed by atoms with Gasteiger partial charge in [-0.2, -0.15) is 4.98 Å². The van der Waals surface area contributed by atoms with Gasteiger partial charge in [0.15, 0.2) is 5.82 Å². The van der Waals surface area contributed by atoms with Crippen LogP contribution in [0.1, 0.15) is 20.8 Å². The third-order valence-electron chi connectivity index (χ3n) is 4.64. The van der Waals surface area contributed by atoms with Gasteiger partial charge in [0.05, 0.1) is 18.4 Å². The number of aromatic nitrogens is 2. The van der Waals surface area contributed by atoms with Crippen LogP contribution in [0.2, 0.25) is 5.02 Å². The first-order valence-corrected chi connectivity index (χ1v) is 10.7. The molecule has 0 saturated heterocycles. The monoisotopic (exact) mass is 457 g/mol. The molecule has 0 unspecified atom stereocenters. The van der Waals surface area contributed by atoms with Gasteiger partial charge >= 0.3 is 0 Å². The van der Waals surface area contributed by atoms with Gasteiger partial charge in [0.25, 0.3) is 5.91 Å².